The zero-order valence-electron chi connectivity index (χ0n) is 11.3. The quantitative estimate of drug-likeness (QED) is 0.611. The summed E-state index contributed by atoms with van der Waals surface area (Å²) in [7, 11) is 0. The minimum atomic E-state index is -0.489. The number of nitrogens with zero attached hydrogens (tertiary/aromatic N) is 3. The van der Waals surface area contributed by atoms with Crippen LogP contribution < -0.4 is 4.90 Å². The second-order valence-corrected chi connectivity index (χ2v) is 5.66. The van der Waals surface area contributed by atoms with Gasteiger partial charge in [-0.15, -0.1) is 0 Å². The molecular formula is C15H17N3O2. The number of nitro groups is 1. The molecule has 1 saturated carbocycles. The van der Waals surface area contributed by atoms with Crippen LogP contribution in [0.5, 0.6) is 0 Å². The van der Waals surface area contributed by atoms with Gasteiger partial charge in [0.05, 0.1) is 4.92 Å². The molecule has 2 fully saturated rings. The topological polar surface area (TPSA) is 70.2 Å². The lowest BCUT2D eigenvalue weighted by molar-refractivity contribution is -0.385. The number of rotatable bonds is 2. The molecular weight excluding hydrogens is 254 g/mol. The van der Waals surface area contributed by atoms with Gasteiger partial charge in [0.25, 0.3) is 5.69 Å². The molecule has 2 atom stereocenters. The van der Waals surface area contributed by atoms with Crippen molar-refractivity contribution in [3.63, 3.8) is 0 Å². The number of nitro benzene ring substituents is 1. The van der Waals surface area contributed by atoms with Gasteiger partial charge in [-0.05, 0) is 43.7 Å². The van der Waals surface area contributed by atoms with E-state index in [4.69, 9.17) is 5.26 Å². The maximum Gasteiger partial charge on any atom is 0.287 e. The van der Waals surface area contributed by atoms with Crippen molar-refractivity contribution < 1.29 is 4.92 Å². The minimum Gasteiger partial charge on any atom is -0.368 e. The lowest BCUT2D eigenvalue weighted by atomic mass is 9.91. The Bertz CT molecular complexity index is 579. The van der Waals surface area contributed by atoms with Crippen LogP contribution in [0.15, 0.2) is 18.2 Å². The number of hydrogen-bond acceptors (Lipinski definition) is 4. The van der Waals surface area contributed by atoms with Crippen molar-refractivity contribution in [1.82, 2.24) is 0 Å². The van der Waals surface area contributed by atoms with Crippen LogP contribution >= 0.6 is 0 Å². The molecule has 1 heterocycles. The first-order valence-electron chi connectivity index (χ1n) is 7.16. The van der Waals surface area contributed by atoms with E-state index >= 15 is 0 Å². The van der Waals surface area contributed by atoms with Crippen molar-refractivity contribution >= 4 is 11.4 Å². The summed E-state index contributed by atoms with van der Waals surface area (Å²) in [5, 5.41) is 20.0. The highest BCUT2D eigenvalue weighted by Gasteiger charge is 2.35. The molecule has 104 valence electrons. The Morgan fingerprint density at radius 3 is 2.85 bits per heavy atom. The Labute approximate surface area is 118 Å². The third kappa shape index (κ3) is 2.11. The van der Waals surface area contributed by atoms with E-state index in [0.29, 0.717) is 6.04 Å². The summed E-state index contributed by atoms with van der Waals surface area (Å²) < 4.78 is 0. The zero-order chi connectivity index (χ0) is 14.1. The van der Waals surface area contributed by atoms with Gasteiger partial charge in [-0.25, -0.2) is 0 Å². The van der Waals surface area contributed by atoms with Gasteiger partial charge in [0.2, 0.25) is 0 Å². The van der Waals surface area contributed by atoms with Gasteiger partial charge >= 0.3 is 0 Å². The third-order valence-electron chi connectivity index (χ3n) is 4.62. The Hall–Kier alpha value is -2.09. The number of fused-ring (bicyclic) bond motifs is 1. The molecule has 0 N–H and O–H groups in total. The maximum absolute atomic E-state index is 10.9. The summed E-state index contributed by atoms with van der Waals surface area (Å²) in [5.74, 6) is 0.754. The van der Waals surface area contributed by atoms with Gasteiger partial charge in [-0.1, -0.05) is 6.42 Å². The van der Waals surface area contributed by atoms with Crippen LogP contribution in [-0.4, -0.2) is 17.5 Å². The van der Waals surface area contributed by atoms with Crippen molar-refractivity contribution in [3.8, 4) is 6.07 Å². The summed E-state index contributed by atoms with van der Waals surface area (Å²) in [6.45, 7) is 0.990. The van der Waals surface area contributed by atoms with E-state index < -0.39 is 4.92 Å². The summed E-state index contributed by atoms with van der Waals surface area (Å²) >= 11 is 0. The predicted molar refractivity (Wildman–Crippen MR) is 75.5 cm³/mol. The Kier molecular flexibility index (Phi) is 3.31. The van der Waals surface area contributed by atoms with Crippen molar-refractivity contribution in [3.05, 3.63) is 33.9 Å². The lowest BCUT2D eigenvalue weighted by Crippen LogP contribution is -2.42. The molecule has 5 heteroatoms. The molecule has 3 rings (SSSR count). The number of anilines is 1. The normalized spacial score (nSPS) is 25.1. The van der Waals surface area contributed by atoms with Crippen LogP contribution in [0, 0.1) is 27.4 Å². The van der Waals surface area contributed by atoms with E-state index in [1.165, 1.54) is 38.2 Å². The fourth-order valence-corrected chi connectivity index (χ4v) is 3.73. The average molecular weight is 271 g/mol. The average Bonchev–Trinajstić information content (AvgIpc) is 2.94. The Balaban J connectivity index is 1.94. The molecule has 0 aromatic heterocycles. The molecule has 2 unspecified atom stereocenters. The van der Waals surface area contributed by atoms with Crippen molar-refractivity contribution in [2.45, 2.75) is 38.1 Å². The van der Waals surface area contributed by atoms with Crippen molar-refractivity contribution in [2.75, 3.05) is 11.4 Å². The predicted octanol–water partition coefficient (Wildman–Crippen LogP) is 3.24. The fourth-order valence-electron chi connectivity index (χ4n) is 3.73. The van der Waals surface area contributed by atoms with Crippen LogP contribution in [0.1, 0.15) is 37.7 Å². The molecule has 0 spiro atoms. The number of benzene rings is 1. The molecule has 1 aromatic rings. The molecule has 1 saturated heterocycles. The highest BCUT2D eigenvalue weighted by atomic mass is 16.6. The highest BCUT2D eigenvalue weighted by molar-refractivity contribution is 5.60. The van der Waals surface area contributed by atoms with Crippen molar-refractivity contribution in [1.29, 1.82) is 5.26 Å². The summed E-state index contributed by atoms with van der Waals surface area (Å²) in [6.07, 6.45) is 6.21. The lowest BCUT2D eigenvalue weighted by Gasteiger charge is -2.39. The fraction of sp³-hybridized carbons (Fsp3) is 0.533. The van der Waals surface area contributed by atoms with Crippen LogP contribution in [-0.2, 0) is 0 Å². The van der Waals surface area contributed by atoms with Crippen LogP contribution in [0.25, 0.3) is 0 Å². The van der Waals surface area contributed by atoms with Crippen LogP contribution in [0.3, 0.4) is 0 Å². The first-order valence-corrected chi connectivity index (χ1v) is 7.16. The molecule has 1 aliphatic heterocycles. The molecule has 1 aliphatic carbocycles. The second-order valence-electron chi connectivity index (χ2n) is 5.66. The molecule has 0 bridgehead atoms. The van der Waals surface area contributed by atoms with Crippen molar-refractivity contribution in [2.24, 2.45) is 5.92 Å². The second kappa shape index (κ2) is 5.12. The molecule has 0 radical (unpaired) electrons. The highest BCUT2D eigenvalue weighted by Crippen LogP contribution is 2.39. The van der Waals surface area contributed by atoms with Gasteiger partial charge in [0.1, 0.15) is 11.6 Å². The van der Waals surface area contributed by atoms with E-state index in [2.05, 4.69) is 4.90 Å². The number of piperidine rings is 1. The Morgan fingerprint density at radius 2 is 2.10 bits per heavy atom. The van der Waals surface area contributed by atoms with Crippen LogP contribution in [0.4, 0.5) is 11.4 Å². The number of hydrogen-bond donors (Lipinski definition) is 0. The monoisotopic (exact) mass is 271 g/mol. The van der Waals surface area contributed by atoms with E-state index in [-0.39, 0.29) is 11.3 Å². The van der Waals surface area contributed by atoms with Gasteiger partial charge in [0, 0.05) is 24.3 Å². The first kappa shape index (κ1) is 12.9. The van der Waals surface area contributed by atoms with Gasteiger partial charge < -0.3 is 4.90 Å². The smallest absolute Gasteiger partial charge is 0.287 e. The molecule has 1 aromatic carbocycles. The SMILES string of the molecule is N#Cc1cc(N2CCCC3CCCC32)ccc1[N+](=O)[O-]. The van der Waals surface area contributed by atoms with Crippen LogP contribution in [0.2, 0.25) is 0 Å². The largest absolute Gasteiger partial charge is 0.368 e. The van der Waals surface area contributed by atoms with Gasteiger partial charge in [-0.2, -0.15) is 5.26 Å². The van der Waals surface area contributed by atoms with E-state index in [0.717, 1.165) is 18.2 Å². The molecule has 0 amide bonds. The maximum atomic E-state index is 10.9. The summed E-state index contributed by atoms with van der Waals surface area (Å²) in [4.78, 5) is 12.8. The molecule has 20 heavy (non-hydrogen) atoms. The molecule has 2 aliphatic rings. The zero-order valence-corrected chi connectivity index (χ0v) is 11.3. The van der Waals surface area contributed by atoms with Gasteiger partial charge in [-0.3, -0.25) is 10.1 Å². The minimum absolute atomic E-state index is 0.101. The van der Waals surface area contributed by atoms with E-state index in [9.17, 15) is 10.1 Å². The van der Waals surface area contributed by atoms with E-state index in [1.807, 2.05) is 6.07 Å². The first-order chi connectivity index (χ1) is 9.70. The third-order valence-corrected chi connectivity index (χ3v) is 4.62. The Morgan fingerprint density at radius 1 is 1.30 bits per heavy atom. The van der Waals surface area contributed by atoms with E-state index in [1.54, 1.807) is 12.1 Å². The van der Waals surface area contributed by atoms with Gasteiger partial charge in [0.15, 0.2) is 0 Å². The molecule has 5 nitrogen and oxygen atoms in total. The standard InChI is InChI=1S/C15H17N3O2/c16-10-12-9-13(6-7-15(12)18(19)20)17-8-2-4-11-3-1-5-14(11)17/h6-7,9,11,14H,1-5,8H2. The number of nitriles is 1. The summed E-state index contributed by atoms with van der Waals surface area (Å²) in [6, 6.07) is 7.44. The summed E-state index contributed by atoms with van der Waals surface area (Å²) in [5.41, 5.74) is 1.02.